The fourth-order valence-electron chi connectivity index (χ4n) is 2.02. The molecule has 0 amide bonds. The van der Waals surface area contributed by atoms with Gasteiger partial charge in [-0.2, -0.15) is 15.0 Å². The Kier molecular flexibility index (Phi) is 4.62. The second kappa shape index (κ2) is 6.24. The normalized spacial score (nSPS) is 14.8. The molecule has 1 fully saturated rings. The molecule has 0 saturated heterocycles. The van der Waals surface area contributed by atoms with Crippen LogP contribution >= 0.6 is 0 Å². The third-order valence-electron chi connectivity index (χ3n) is 2.97. The SMILES string of the molecule is CNc1nc(OC(C)C)nc(N(CC(C)C)C2CC2)n1. The van der Waals surface area contributed by atoms with Crippen molar-refractivity contribution in [3.63, 3.8) is 0 Å². The quantitative estimate of drug-likeness (QED) is 0.826. The van der Waals surface area contributed by atoms with Crippen molar-refractivity contribution in [2.75, 3.05) is 23.8 Å². The predicted octanol–water partition coefficient (Wildman–Crippen LogP) is 2.33. The maximum Gasteiger partial charge on any atom is 0.323 e. The van der Waals surface area contributed by atoms with E-state index < -0.39 is 0 Å². The van der Waals surface area contributed by atoms with Crippen LogP contribution < -0.4 is 15.0 Å². The number of rotatable bonds is 7. The summed E-state index contributed by atoms with van der Waals surface area (Å²) in [5.41, 5.74) is 0. The van der Waals surface area contributed by atoms with E-state index in [4.69, 9.17) is 4.74 Å². The first-order valence-electron chi connectivity index (χ1n) is 7.36. The monoisotopic (exact) mass is 279 g/mol. The summed E-state index contributed by atoms with van der Waals surface area (Å²) in [4.78, 5) is 15.5. The molecule has 0 spiro atoms. The van der Waals surface area contributed by atoms with Gasteiger partial charge in [-0.15, -0.1) is 0 Å². The summed E-state index contributed by atoms with van der Waals surface area (Å²) in [6.07, 6.45) is 2.48. The van der Waals surface area contributed by atoms with E-state index in [2.05, 4.69) is 39.0 Å². The standard InChI is InChI=1S/C14H25N5O/c1-9(2)8-19(11-6-7-11)13-16-12(15-5)17-14(18-13)20-10(3)4/h9-11H,6-8H2,1-5H3,(H,15,16,17,18). The Labute approximate surface area is 121 Å². The van der Waals surface area contributed by atoms with E-state index in [0.717, 1.165) is 12.5 Å². The number of nitrogens with one attached hydrogen (secondary N) is 1. The van der Waals surface area contributed by atoms with E-state index in [9.17, 15) is 0 Å². The molecule has 112 valence electrons. The number of hydrogen-bond acceptors (Lipinski definition) is 6. The van der Waals surface area contributed by atoms with Crippen LogP contribution in [-0.4, -0.2) is 40.7 Å². The van der Waals surface area contributed by atoms with E-state index in [0.29, 0.717) is 23.9 Å². The molecule has 1 aromatic rings. The van der Waals surface area contributed by atoms with Crippen LogP contribution in [0, 0.1) is 5.92 Å². The molecule has 20 heavy (non-hydrogen) atoms. The van der Waals surface area contributed by atoms with Gasteiger partial charge in [-0.1, -0.05) is 13.8 Å². The van der Waals surface area contributed by atoms with E-state index in [1.54, 1.807) is 0 Å². The average Bonchev–Trinajstić information content (AvgIpc) is 3.18. The molecule has 0 bridgehead atoms. The first-order valence-corrected chi connectivity index (χ1v) is 7.36. The van der Waals surface area contributed by atoms with Crippen molar-refractivity contribution in [3.8, 4) is 6.01 Å². The Morgan fingerprint density at radius 3 is 2.40 bits per heavy atom. The summed E-state index contributed by atoms with van der Waals surface area (Å²) in [6.45, 7) is 9.31. The van der Waals surface area contributed by atoms with Gasteiger partial charge >= 0.3 is 6.01 Å². The van der Waals surface area contributed by atoms with Gasteiger partial charge < -0.3 is 15.0 Å². The molecule has 6 nitrogen and oxygen atoms in total. The van der Waals surface area contributed by atoms with Gasteiger partial charge in [0.2, 0.25) is 11.9 Å². The van der Waals surface area contributed by atoms with Crippen LogP contribution in [0.3, 0.4) is 0 Å². The lowest BCUT2D eigenvalue weighted by atomic mass is 10.2. The zero-order chi connectivity index (χ0) is 14.7. The van der Waals surface area contributed by atoms with E-state index in [-0.39, 0.29) is 6.10 Å². The molecule has 1 heterocycles. The molecule has 1 N–H and O–H groups in total. The molecule has 1 aliphatic rings. The number of anilines is 2. The van der Waals surface area contributed by atoms with Crippen molar-refractivity contribution < 1.29 is 4.74 Å². The summed E-state index contributed by atoms with van der Waals surface area (Å²) < 4.78 is 5.62. The molecule has 0 aromatic carbocycles. The van der Waals surface area contributed by atoms with Crippen LogP contribution in [0.2, 0.25) is 0 Å². The minimum atomic E-state index is 0.0504. The lowest BCUT2D eigenvalue weighted by molar-refractivity contribution is 0.222. The molecule has 1 aliphatic carbocycles. The van der Waals surface area contributed by atoms with Gasteiger partial charge in [-0.3, -0.25) is 0 Å². The van der Waals surface area contributed by atoms with Gasteiger partial charge in [0.15, 0.2) is 0 Å². The summed E-state index contributed by atoms with van der Waals surface area (Å²) in [5, 5.41) is 2.98. The first kappa shape index (κ1) is 14.8. The van der Waals surface area contributed by atoms with E-state index in [1.165, 1.54) is 12.8 Å². The third kappa shape index (κ3) is 3.95. The average molecular weight is 279 g/mol. The molecular formula is C14H25N5O. The summed E-state index contributed by atoms with van der Waals surface area (Å²) in [7, 11) is 1.81. The Morgan fingerprint density at radius 1 is 1.20 bits per heavy atom. The molecular weight excluding hydrogens is 254 g/mol. The number of nitrogens with zero attached hydrogens (tertiary/aromatic N) is 4. The molecule has 2 rings (SSSR count). The van der Waals surface area contributed by atoms with Gasteiger partial charge in [0.1, 0.15) is 0 Å². The van der Waals surface area contributed by atoms with E-state index in [1.807, 2.05) is 20.9 Å². The maximum atomic E-state index is 5.62. The first-order chi connectivity index (χ1) is 9.49. The van der Waals surface area contributed by atoms with Gasteiger partial charge in [0.05, 0.1) is 6.10 Å². The molecule has 1 saturated carbocycles. The number of ether oxygens (including phenoxy) is 1. The Balaban J connectivity index is 2.27. The predicted molar refractivity (Wildman–Crippen MR) is 80.3 cm³/mol. The van der Waals surface area contributed by atoms with E-state index >= 15 is 0 Å². The van der Waals surface area contributed by atoms with Crippen molar-refractivity contribution in [1.29, 1.82) is 0 Å². The van der Waals surface area contributed by atoms with Crippen molar-refractivity contribution >= 4 is 11.9 Å². The molecule has 0 unspecified atom stereocenters. The van der Waals surface area contributed by atoms with Crippen LogP contribution in [-0.2, 0) is 0 Å². The van der Waals surface area contributed by atoms with Crippen LogP contribution in [0.15, 0.2) is 0 Å². The van der Waals surface area contributed by atoms with Crippen molar-refractivity contribution in [3.05, 3.63) is 0 Å². The fourth-order valence-corrected chi connectivity index (χ4v) is 2.02. The number of aromatic nitrogens is 3. The Hall–Kier alpha value is -1.59. The summed E-state index contributed by atoms with van der Waals surface area (Å²) in [6, 6.07) is 0.958. The summed E-state index contributed by atoms with van der Waals surface area (Å²) in [5.74, 6) is 1.84. The van der Waals surface area contributed by atoms with Crippen LogP contribution in [0.1, 0.15) is 40.5 Å². The van der Waals surface area contributed by atoms with Crippen molar-refractivity contribution in [1.82, 2.24) is 15.0 Å². The van der Waals surface area contributed by atoms with Crippen molar-refractivity contribution in [2.24, 2.45) is 5.92 Å². The summed E-state index contributed by atoms with van der Waals surface area (Å²) >= 11 is 0. The van der Waals surface area contributed by atoms with Crippen molar-refractivity contribution in [2.45, 2.75) is 52.7 Å². The Morgan fingerprint density at radius 2 is 1.90 bits per heavy atom. The smallest absolute Gasteiger partial charge is 0.323 e. The van der Waals surface area contributed by atoms with Gasteiger partial charge in [0.25, 0.3) is 0 Å². The van der Waals surface area contributed by atoms with Gasteiger partial charge in [0, 0.05) is 19.6 Å². The highest BCUT2D eigenvalue weighted by molar-refractivity contribution is 5.40. The zero-order valence-electron chi connectivity index (χ0n) is 13.1. The van der Waals surface area contributed by atoms with Gasteiger partial charge in [-0.25, -0.2) is 0 Å². The molecule has 1 aromatic heterocycles. The van der Waals surface area contributed by atoms with Crippen LogP contribution in [0.4, 0.5) is 11.9 Å². The minimum Gasteiger partial charge on any atom is -0.461 e. The van der Waals surface area contributed by atoms with Crippen LogP contribution in [0.5, 0.6) is 6.01 Å². The molecule has 0 aliphatic heterocycles. The second-order valence-electron chi connectivity index (χ2n) is 5.94. The second-order valence-corrected chi connectivity index (χ2v) is 5.94. The zero-order valence-corrected chi connectivity index (χ0v) is 13.1. The van der Waals surface area contributed by atoms with Crippen LogP contribution in [0.25, 0.3) is 0 Å². The lowest BCUT2D eigenvalue weighted by Gasteiger charge is -2.24. The number of hydrogen-bond donors (Lipinski definition) is 1. The highest BCUT2D eigenvalue weighted by atomic mass is 16.5. The highest BCUT2D eigenvalue weighted by Gasteiger charge is 2.32. The third-order valence-corrected chi connectivity index (χ3v) is 2.97. The topological polar surface area (TPSA) is 63.2 Å². The molecule has 6 heteroatoms. The lowest BCUT2D eigenvalue weighted by Crippen LogP contribution is -2.32. The maximum absolute atomic E-state index is 5.62. The largest absolute Gasteiger partial charge is 0.461 e. The minimum absolute atomic E-state index is 0.0504. The highest BCUT2D eigenvalue weighted by Crippen LogP contribution is 2.31. The van der Waals surface area contributed by atoms with Gasteiger partial charge in [-0.05, 0) is 32.6 Å². The molecule has 0 atom stereocenters. The molecule has 0 radical (unpaired) electrons. The Bertz CT molecular complexity index is 445. The fraction of sp³-hybridized carbons (Fsp3) is 0.786.